The highest BCUT2D eigenvalue weighted by Crippen LogP contribution is 2.20. The Bertz CT molecular complexity index is 336. The summed E-state index contributed by atoms with van der Waals surface area (Å²) in [5.74, 6) is 0.507. The summed E-state index contributed by atoms with van der Waals surface area (Å²) in [7, 11) is 0. The quantitative estimate of drug-likeness (QED) is 0.775. The molecule has 0 unspecified atom stereocenters. The minimum absolute atomic E-state index is 0.276. The first-order valence-electron chi connectivity index (χ1n) is 5.67. The van der Waals surface area contributed by atoms with Crippen molar-refractivity contribution in [1.82, 2.24) is 5.32 Å². The van der Waals surface area contributed by atoms with Gasteiger partial charge in [0.25, 0.3) is 0 Å². The summed E-state index contributed by atoms with van der Waals surface area (Å²) in [6.45, 7) is 1.69. The normalized spacial score (nSPS) is 17.6. The monoisotopic (exact) mass is 194 g/mol. The zero-order valence-electron chi connectivity index (χ0n) is 9.22. The van der Waals surface area contributed by atoms with Gasteiger partial charge in [-0.3, -0.25) is 4.39 Å². The molecular weight excluding hydrogens is 177 g/mol. The predicted molar refractivity (Wildman–Crippen MR) is 56.3 cm³/mol. The van der Waals surface area contributed by atoms with Crippen LogP contribution in [-0.4, -0.2) is 19.8 Å². The van der Waals surface area contributed by atoms with Gasteiger partial charge in [-0.2, -0.15) is 0 Å². The molecule has 76 valence electrons. The smallest absolute Gasteiger partial charge is 0.0897 e. The van der Waals surface area contributed by atoms with Crippen molar-refractivity contribution < 1.29 is 5.76 Å². The lowest BCUT2D eigenvalue weighted by molar-refractivity contribution is 0.448. The summed E-state index contributed by atoms with van der Waals surface area (Å²) in [5.41, 5.74) is 2.20. The van der Waals surface area contributed by atoms with Gasteiger partial charge in [-0.15, -0.1) is 0 Å². The van der Waals surface area contributed by atoms with Crippen molar-refractivity contribution in [3.05, 3.63) is 35.4 Å². The van der Waals surface area contributed by atoms with Crippen molar-refractivity contribution in [3.8, 4) is 0 Å². The molecule has 1 fully saturated rings. The Hall–Kier alpha value is -0.890. The fraction of sp³-hybridized carbons (Fsp3) is 0.500. The SMILES string of the molecule is [2H]c1cc(CCCF)ccc1C1CNC1. The Morgan fingerprint density at radius 2 is 2.29 bits per heavy atom. The summed E-state index contributed by atoms with van der Waals surface area (Å²) in [4.78, 5) is 0. The number of nitrogens with one attached hydrogen (secondary N) is 1. The third kappa shape index (κ3) is 2.13. The van der Waals surface area contributed by atoms with Gasteiger partial charge in [-0.1, -0.05) is 24.2 Å². The van der Waals surface area contributed by atoms with Gasteiger partial charge in [0, 0.05) is 19.0 Å². The number of halogens is 1. The van der Waals surface area contributed by atoms with E-state index in [1.807, 2.05) is 18.2 Å². The molecule has 0 aliphatic carbocycles. The highest BCUT2D eigenvalue weighted by atomic mass is 19.1. The second kappa shape index (κ2) is 4.56. The van der Waals surface area contributed by atoms with Crippen LogP contribution in [0.15, 0.2) is 24.2 Å². The lowest BCUT2D eigenvalue weighted by Gasteiger charge is -2.27. The number of benzene rings is 1. The second-order valence-corrected chi connectivity index (χ2v) is 3.80. The van der Waals surface area contributed by atoms with Gasteiger partial charge in [0.1, 0.15) is 0 Å². The van der Waals surface area contributed by atoms with Crippen LogP contribution in [0.1, 0.15) is 24.8 Å². The van der Waals surface area contributed by atoms with Crippen LogP contribution in [0.5, 0.6) is 0 Å². The summed E-state index contributed by atoms with van der Waals surface area (Å²) in [5, 5.41) is 3.20. The van der Waals surface area contributed by atoms with Gasteiger partial charge >= 0.3 is 0 Å². The molecule has 1 heterocycles. The van der Waals surface area contributed by atoms with Crippen LogP contribution in [0.2, 0.25) is 0 Å². The number of aryl methyl sites for hydroxylation is 1. The highest BCUT2D eigenvalue weighted by molar-refractivity contribution is 5.27. The summed E-state index contributed by atoms with van der Waals surface area (Å²) in [6, 6.07) is 6.55. The highest BCUT2D eigenvalue weighted by Gasteiger charge is 2.17. The van der Waals surface area contributed by atoms with Crippen LogP contribution in [0.3, 0.4) is 0 Å². The largest absolute Gasteiger partial charge is 0.315 e. The lowest BCUT2D eigenvalue weighted by Crippen LogP contribution is -2.39. The van der Waals surface area contributed by atoms with E-state index in [9.17, 15) is 4.39 Å². The molecule has 1 aromatic carbocycles. The fourth-order valence-electron chi connectivity index (χ4n) is 1.66. The molecule has 2 rings (SSSR count). The van der Waals surface area contributed by atoms with Crippen molar-refractivity contribution in [3.63, 3.8) is 0 Å². The zero-order valence-corrected chi connectivity index (χ0v) is 8.22. The van der Waals surface area contributed by atoms with Gasteiger partial charge in [0.2, 0.25) is 0 Å². The Labute approximate surface area is 85.7 Å². The molecule has 1 nitrogen and oxygen atoms in total. The van der Waals surface area contributed by atoms with Gasteiger partial charge in [-0.05, 0) is 24.0 Å². The van der Waals surface area contributed by atoms with Crippen molar-refractivity contribution in [2.75, 3.05) is 19.8 Å². The van der Waals surface area contributed by atoms with Crippen LogP contribution in [0.4, 0.5) is 4.39 Å². The van der Waals surface area contributed by atoms with E-state index in [0.29, 0.717) is 18.4 Å². The Morgan fingerprint density at radius 1 is 1.43 bits per heavy atom. The van der Waals surface area contributed by atoms with Crippen molar-refractivity contribution >= 4 is 0 Å². The first kappa shape index (κ1) is 8.42. The van der Waals surface area contributed by atoms with Crippen molar-refractivity contribution in [2.45, 2.75) is 18.8 Å². The topological polar surface area (TPSA) is 12.0 Å². The third-order valence-corrected chi connectivity index (χ3v) is 2.72. The lowest BCUT2D eigenvalue weighted by atomic mass is 9.93. The molecule has 1 aromatic rings. The van der Waals surface area contributed by atoms with Crippen molar-refractivity contribution in [1.29, 1.82) is 0 Å². The molecule has 0 aromatic heterocycles. The molecule has 1 N–H and O–H groups in total. The molecule has 1 saturated heterocycles. The minimum atomic E-state index is -0.276. The van der Waals surface area contributed by atoms with Gasteiger partial charge in [0.05, 0.1) is 8.05 Å². The number of hydrogen-bond acceptors (Lipinski definition) is 1. The van der Waals surface area contributed by atoms with E-state index in [1.54, 1.807) is 0 Å². The molecule has 0 spiro atoms. The summed E-state index contributed by atoms with van der Waals surface area (Å²) >= 11 is 0. The number of hydrogen-bond donors (Lipinski definition) is 1. The van der Waals surface area contributed by atoms with E-state index in [0.717, 1.165) is 30.6 Å². The maximum absolute atomic E-state index is 12.0. The summed E-state index contributed by atoms with van der Waals surface area (Å²) in [6.07, 6.45) is 1.30. The molecule has 0 radical (unpaired) electrons. The molecule has 1 aliphatic heterocycles. The molecule has 14 heavy (non-hydrogen) atoms. The zero-order chi connectivity index (χ0) is 10.7. The standard InChI is InChI=1S/C12H16FN/c13-7-1-2-10-3-5-11(6-4-10)12-8-14-9-12/h3-6,12,14H,1-2,7-9H2/i5D. The number of alkyl halides is 1. The van der Waals surface area contributed by atoms with E-state index >= 15 is 0 Å². The van der Waals surface area contributed by atoms with E-state index in [4.69, 9.17) is 1.37 Å². The number of rotatable bonds is 4. The molecule has 0 bridgehead atoms. The fourth-order valence-corrected chi connectivity index (χ4v) is 1.66. The van der Waals surface area contributed by atoms with E-state index < -0.39 is 0 Å². The van der Waals surface area contributed by atoms with Crippen LogP contribution < -0.4 is 5.32 Å². The molecule has 2 heteroatoms. The Kier molecular flexibility index (Phi) is 2.74. The van der Waals surface area contributed by atoms with Crippen LogP contribution in [0, 0.1) is 0 Å². The van der Waals surface area contributed by atoms with Gasteiger partial charge in [-0.25, -0.2) is 0 Å². The maximum atomic E-state index is 12.0. The first-order chi connectivity index (χ1) is 7.31. The van der Waals surface area contributed by atoms with Crippen LogP contribution in [0.25, 0.3) is 0 Å². The van der Waals surface area contributed by atoms with E-state index in [2.05, 4.69) is 5.32 Å². The molecule has 0 saturated carbocycles. The molecule has 0 atom stereocenters. The molecule has 0 amide bonds. The minimum Gasteiger partial charge on any atom is -0.315 e. The average molecular weight is 194 g/mol. The Morgan fingerprint density at radius 3 is 2.86 bits per heavy atom. The van der Waals surface area contributed by atoms with Crippen LogP contribution >= 0.6 is 0 Å². The van der Waals surface area contributed by atoms with E-state index in [-0.39, 0.29) is 6.67 Å². The first-order valence-corrected chi connectivity index (χ1v) is 5.17. The summed E-state index contributed by atoms with van der Waals surface area (Å²) < 4.78 is 19.9. The second-order valence-electron chi connectivity index (χ2n) is 3.80. The molecular formula is C12H16FN. The average Bonchev–Trinajstić information content (AvgIpc) is 2.16. The van der Waals surface area contributed by atoms with E-state index in [1.165, 1.54) is 0 Å². The molecule has 1 aliphatic rings. The predicted octanol–water partition coefficient (Wildman–Crippen LogP) is 2.28. The van der Waals surface area contributed by atoms with Gasteiger partial charge in [0.15, 0.2) is 0 Å². The third-order valence-electron chi connectivity index (χ3n) is 2.72. The van der Waals surface area contributed by atoms with Crippen LogP contribution in [-0.2, 0) is 6.42 Å². The Balaban J connectivity index is 2.08. The van der Waals surface area contributed by atoms with Crippen molar-refractivity contribution in [2.24, 2.45) is 0 Å². The van der Waals surface area contributed by atoms with Gasteiger partial charge < -0.3 is 5.32 Å². The maximum Gasteiger partial charge on any atom is 0.0897 e.